The summed E-state index contributed by atoms with van der Waals surface area (Å²) >= 11 is 6.26. The Balaban J connectivity index is 1.49. The van der Waals surface area contributed by atoms with E-state index in [0.717, 1.165) is 55.2 Å². The Bertz CT molecular complexity index is 835. The second-order valence-electron chi connectivity index (χ2n) is 8.78. The molecule has 2 heterocycles. The summed E-state index contributed by atoms with van der Waals surface area (Å²) in [6.07, 6.45) is 6.26. The van der Waals surface area contributed by atoms with E-state index in [1.54, 1.807) is 6.20 Å². The predicted molar refractivity (Wildman–Crippen MR) is 106 cm³/mol. The van der Waals surface area contributed by atoms with Gasteiger partial charge in [0.2, 0.25) is 5.91 Å². The molecule has 4 rings (SSSR count). The maximum atomic E-state index is 12.5. The molecule has 2 N–H and O–H groups in total. The molecule has 6 heteroatoms. The number of rotatable bonds is 4. The average Bonchev–Trinajstić information content (AvgIpc) is 3.07. The fraction of sp³-hybridized carbons (Fsp3) is 0.619. The van der Waals surface area contributed by atoms with Crippen molar-refractivity contribution in [2.45, 2.75) is 52.1 Å². The van der Waals surface area contributed by atoms with Crippen LogP contribution in [0.2, 0.25) is 5.02 Å². The highest BCUT2D eigenvalue weighted by atomic mass is 35.5. The highest BCUT2D eigenvalue weighted by molar-refractivity contribution is 6.31. The number of nitrogens with one attached hydrogen (secondary N) is 1. The minimum atomic E-state index is -0.643. The van der Waals surface area contributed by atoms with Crippen molar-refractivity contribution in [3.63, 3.8) is 0 Å². The summed E-state index contributed by atoms with van der Waals surface area (Å²) in [5.74, 6) is 0.952. The van der Waals surface area contributed by atoms with Crippen LogP contribution in [-0.4, -0.2) is 39.2 Å². The van der Waals surface area contributed by atoms with Gasteiger partial charge in [-0.05, 0) is 54.7 Å². The van der Waals surface area contributed by atoms with Crippen molar-refractivity contribution in [3.8, 4) is 0 Å². The van der Waals surface area contributed by atoms with Crippen molar-refractivity contribution in [3.05, 3.63) is 28.9 Å². The molecular formula is C21H28ClN3O2. The zero-order valence-corrected chi connectivity index (χ0v) is 16.8. The van der Waals surface area contributed by atoms with Gasteiger partial charge in [0, 0.05) is 29.4 Å². The number of aliphatic hydroxyl groups is 1. The zero-order chi connectivity index (χ0) is 19.2. The molecule has 2 aromatic rings. The summed E-state index contributed by atoms with van der Waals surface area (Å²) in [6, 6.07) is 3.68. The number of benzene rings is 1. The van der Waals surface area contributed by atoms with E-state index in [0.29, 0.717) is 16.8 Å². The summed E-state index contributed by atoms with van der Waals surface area (Å²) < 4.78 is 0. The molecule has 27 heavy (non-hydrogen) atoms. The van der Waals surface area contributed by atoms with Gasteiger partial charge < -0.3 is 10.0 Å². The van der Waals surface area contributed by atoms with Gasteiger partial charge in [0.15, 0.2) is 0 Å². The van der Waals surface area contributed by atoms with Crippen LogP contribution >= 0.6 is 11.6 Å². The van der Waals surface area contributed by atoms with Gasteiger partial charge in [0.1, 0.15) is 0 Å². The number of carbonyl (C=O) groups is 1. The third kappa shape index (κ3) is 3.36. The van der Waals surface area contributed by atoms with Gasteiger partial charge in [-0.25, -0.2) is 0 Å². The van der Waals surface area contributed by atoms with Gasteiger partial charge in [-0.1, -0.05) is 31.9 Å². The molecule has 1 aliphatic carbocycles. The molecule has 2 fully saturated rings. The number of likely N-dealkylation sites (tertiary alicyclic amines) is 1. The molecule has 0 bridgehead atoms. The number of amides is 1. The molecule has 1 saturated heterocycles. The minimum Gasteiger partial charge on any atom is -0.388 e. The number of aromatic amines is 1. The number of nitrogens with zero attached hydrogens (tertiary/aromatic N) is 2. The third-order valence-corrected chi connectivity index (χ3v) is 7.09. The van der Waals surface area contributed by atoms with Gasteiger partial charge in [-0.3, -0.25) is 9.89 Å². The van der Waals surface area contributed by atoms with E-state index in [1.807, 2.05) is 17.0 Å². The number of aliphatic hydroxyl groups excluding tert-OH is 1. The van der Waals surface area contributed by atoms with Gasteiger partial charge in [-0.2, -0.15) is 5.10 Å². The number of halogens is 1. The first-order valence-corrected chi connectivity index (χ1v) is 10.3. The van der Waals surface area contributed by atoms with Gasteiger partial charge in [0.25, 0.3) is 0 Å². The number of piperidine rings is 1. The Hall–Kier alpha value is -1.59. The lowest BCUT2D eigenvalue weighted by Gasteiger charge is -2.44. The largest absolute Gasteiger partial charge is 0.388 e. The van der Waals surface area contributed by atoms with Crippen LogP contribution in [0.3, 0.4) is 0 Å². The number of hydrogen-bond donors (Lipinski definition) is 2. The normalized spacial score (nSPS) is 20.7. The summed E-state index contributed by atoms with van der Waals surface area (Å²) in [7, 11) is 0. The van der Waals surface area contributed by atoms with Gasteiger partial charge in [0.05, 0.1) is 17.8 Å². The number of carbonyl (C=O) groups excluding carboxylic acids is 1. The minimum absolute atomic E-state index is 0.265. The SMILES string of the molecule is CC(C)(C1CCN(C(=O)C2CCC2)CC1)C(O)c1cc(Cl)cc2[nH]ncc12. The molecule has 1 unspecified atom stereocenters. The first kappa shape index (κ1) is 18.8. The van der Waals surface area contributed by atoms with Crippen LogP contribution in [-0.2, 0) is 4.79 Å². The molecule has 2 aliphatic rings. The Morgan fingerprint density at radius 2 is 2.00 bits per heavy atom. The standard InChI is InChI=1S/C21H28ClN3O2/c1-21(2,14-6-8-25(9-7-14)20(27)13-4-3-5-13)19(26)16-10-15(22)11-18-17(16)12-23-24-18/h10-14,19,26H,3-9H2,1-2H3,(H,23,24). The van der Waals surface area contributed by atoms with Crippen LogP contribution in [0.5, 0.6) is 0 Å². The summed E-state index contributed by atoms with van der Waals surface area (Å²) in [5, 5.41) is 19.8. The van der Waals surface area contributed by atoms with Crippen molar-refractivity contribution in [1.29, 1.82) is 0 Å². The van der Waals surface area contributed by atoms with E-state index < -0.39 is 6.10 Å². The molecule has 1 aromatic heterocycles. The van der Waals surface area contributed by atoms with E-state index in [2.05, 4.69) is 24.0 Å². The predicted octanol–water partition coefficient (Wildman–Crippen LogP) is 4.31. The van der Waals surface area contributed by atoms with Crippen molar-refractivity contribution < 1.29 is 9.90 Å². The van der Waals surface area contributed by atoms with E-state index in [1.165, 1.54) is 6.42 Å². The topological polar surface area (TPSA) is 69.2 Å². The molecule has 1 saturated carbocycles. The van der Waals surface area contributed by atoms with E-state index in [9.17, 15) is 9.90 Å². The van der Waals surface area contributed by atoms with Crippen LogP contribution in [0.4, 0.5) is 0 Å². The third-order valence-electron chi connectivity index (χ3n) is 6.87. The molecule has 1 amide bonds. The summed E-state index contributed by atoms with van der Waals surface area (Å²) in [5.41, 5.74) is 1.35. The number of hydrogen-bond acceptors (Lipinski definition) is 3. The maximum absolute atomic E-state index is 12.5. The second kappa shape index (κ2) is 7.10. The first-order valence-electron chi connectivity index (χ1n) is 9.97. The highest BCUT2D eigenvalue weighted by Gasteiger charge is 2.41. The highest BCUT2D eigenvalue weighted by Crippen LogP contribution is 2.46. The maximum Gasteiger partial charge on any atom is 0.225 e. The van der Waals surface area contributed by atoms with Crippen LogP contribution in [0, 0.1) is 17.3 Å². The molecule has 0 radical (unpaired) electrons. The van der Waals surface area contributed by atoms with Crippen LogP contribution in [0.15, 0.2) is 18.3 Å². The lowest BCUT2D eigenvalue weighted by Crippen LogP contribution is -2.46. The van der Waals surface area contributed by atoms with Crippen molar-refractivity contribution in [2.75, 3.05) is 13.1 Å². The monoisotopic (exact) mass is 389 g/mol. The van der Waals surface area contributed by atoms with Crippen LogP contribution in [0.25, 0.3) is 10.9 Å². The van der Waals surface area contributed by atoms with E-state index >= 15 is 0 Å². The molecule has 0 spiro atoms. The van der Waals surface area contributed by atoms with E-state index in [4.69, 9.17) is 11.6 Å². The zero-order valence-electron chi connectivity index (χ0n) is 16.0. The van der Waals surface area contributed by atoms with Crippen molar-refractivity contribution in [1.82, 2.24) is 15.1 Å². The molecule has 146 valence electrons. The lowest BCUT2D eigenvalue weighted by atomic mass is 9.68. The molecule has 5 nitrogen and oxygen atoms in total. The molecular weight excluding hydrogens is 362 g/mol. The van der Waals surface area contributed by atoms with Gasteiger partial charge >= 0.3 is 0 Å². The number of aromatic nitrogens is 2. The average molecular weight is 390 g/mol. The quantitative estimate of drug-likeness (QED) is 0.818. The molecule has 1 aliphatic heterocycles. The Labute approximate surface area is 165 Å². The number of H-pyrrole nitrogens is 1. The molecule has 1 aromatic carbocycles. The van der Waals surface area contributed by atoms with Crippen molar-refractivity contribution >= 4 is 28.4 Å². The second-order valence-corrected chi connectivity index (χ2v) is 9.21. The Kier molecular flexibility index (Phi) is 4.93. The molecule has 1 atom stereocenters. The van der Waals surface area contributed by atoms with Crippen molar-refractivity contribution in [2.24, 2.45) is 17.3 Å². The fourth-order valence-electron chi connectivity index (χ4n) is 4.65. The summed E-state index contributed by atoms with van der Waals surface area (Å²) in [4.78, 5) is 14.5. The van der Waals surface area contributed by atoms with Gasteiger partial charge in [-0.15, -0.1) is 0 Å². The summed E-state index contributed by atoms with van der Waals surface area (Å²) in [6.45, 7) is 5.84. The fourth-order valence-corrected chi connectivity index (χ4v) is 4.88. The first-order chi connectivity index (χ1) is 12.9. The Morgan fingerprint density at radius 1 is 1.30 bits per heavy atom. The van der Waals surface area contributed by atoms with Crippen LogP contribution in [0.1, 0.15) is 57.6 Å². The Morgan fingerprint density at radius 3 is 2.63 bits per heavy atom. The number of fused-ring (bicyclic) bond motifs is 1. The lowest BCUT2D eigenvalue weighted by molar-refractivity contribution is -0.140. The van der Waals surface area contributed by atoms with E-state index in [-0.39, 0.29) is 11.3 Å². The smallest absolute Gasteiger partial charge is 0.225 e. The van der Waals surface area contributed by atoms with Crippen LogP contribution < -0.4 is 0 Å².